The molecule has 2 heterocycles. The molecule has 6 atom stereocenters. The summed E-state index contributed by atoms with van der Waals surface area (Å²) in [5.41, 5.74) is 0. The molecule has 0 aromatic rings. The number of hydrogen-bond acceptors (Lipinski definition) is 12. The largest absolute Gasteiger partial charge is 0.465 e. The topological polar surface area (TPSA) is 145 Å². The molecule has 1 amide bonds. The highest BCUT2D eigenvalue weighted by molar-refractivity contribution is 7.79. The normalized spacial score (nSPS) is 30.9. The number of hydrogen-bond donors (Lipinski definition) is 1. The molecule has 1 N–H and O–H groups in total. The molecule has 0 saturated carbocycles. The van der Waals surface area contributed by atoms with Crippen LogP contribution in [0.3, 0.4) is 0 Å². The van der Waals surface area contributed by atoms with E-state index in [-0.39, 0.29) is 18.3 Å². The Bertz CT molecular complexity index is 744. The summed E-state index contributed by atoms with van der Waals surface area (Å²) < 4.78 is 37.4. The van der Waals surface area contributed by atoms with Crippen LogP contribution in [-0.4, -0.2) is 86.1 Å². The number of methoxy groups -OCH3 is 2. The number of rotatable bonds is 7. The van der Waals surface area contributed by atoms with E-state index < -0.39 is 60.1 Å². The van der Waals surface area contributed by atoms with Crippen LogP contribution in [0.2, 0.25) is 0 Å². The van der Waals surface area contributed by atoms with Gasteiger partial charge in [-0.1, -0.05) is 0 Å². The van der Waals surface area contributed by atoms with Crippen LogP contribution in [0.25, 0.3) is 0 Å². The molecule has 0 spiro atoms. The Kier molecular flexibility index (Phi) is 8.14. The molecule has 31 heavy (non-hydrogen) atoms. The second-order valence-electron chi connectivity index (χ2n) is 6.90. The molecule has 0 radical (unpaired) electrons. The Balaban J connectivity index is 2.56. The van der Waals surface area contributed by atoms with E-state index in [1.54, 1.807) is 0 Å². The maximum absolute atomic E-state index is 12.6. The molecule has 2 fully saturated rings. The number of esters is 3. The van der Waals surface area contributed by atoms with Crippen molar-refractivity contribution in [2.24, 2.45) is 0 Å². The van der Waals surface area contributed by atoms with E-state index in [1.807, 2.05) is 0 Å². The van der Waals surface area contributed by atoms with Gasteiger partial charge in [-0.2, -0.15) is 0 Å². The molecule has 0 aliphatic carbocycles. The van der Waals surface area contributed by atoms with Gasteiger partial charge in [0.25, 0.3) is 5.79 Å². The van der Waals surface area contributed by atoms with Gasteiger partial charge in [0.1, 0.15) is 18.8 Å². The highest BCUT2D eigenvalue weighted by Crippen LogP contribution is 2.37. The van der Waals surface area contributed by atoms with Gasteiger partial charge >= 0.3 is 23.1 Å². The smallest absolute Gasteiger partial charge is 0.366 e. The molecule has 12 nitrogen and oxygen atoms in total. The number of ether oxygens (including phenoxy) is 7. The van der Waals surface area contributed by atoms with Crippen LogP contribution in [0.1, 0.15) is 27.2 Å². The Morgan fingerprint density at radius 2 is 1.84 bits per heavy atom. The van der Waals surface area contributed by atoms with E-state index >= 15 is 0 Å². The number of nitrogens with one attached hydrogen (secondary N) is 1. The van der Waals surface area contributed by atoms with E-state index in [4.69, 9.17) is 45.4 Å². The van der Waals surface area contributed by atoms with Gasteiger partial charge in [0.15, 0.2) is 12.2 Å². The third-order valence-electron chi connectivity index (χ3n) is 4.67. The predicted molar refractivity (Wildman–Crippen MR) is 103 cm³/mol. The molecule has 2 rings (SSSR count). The lowest BCUT2D eigenvalue weighted by Crippen LogP contribution is -2.68. The molecular weight excluding hydrogens is 438 g/mol. The Hall–Kier alpha value is -2.51. The third kappa shape index (κ3) is 5.80. The number of amides is 1. The number of carbonyl (C=O) groups excluding carboxylic acids is 4. The van der Waals surface area contributed by atoms with Gasteiger partial charge in [-0.15, -0.1) is 0 Å². The zero-order valence-corrected chi connectivity index (χ0v) is 18.5. The van der Waals surface area contributed by atoms with Gasteiger partial charge in [-0.25, -0.2) is 4.79 Å². The first-order chi connectivity index (χ1) is 14.5. The summed E-state index contributed by atoms with van der Waals surface area (Å²) >= 11 is 4.87. The standard InChI is InChI=1S/C18H25NO11S/c1-8(20)19-13-11(27-9(2)21)6-18(25-5,16(23)24-4)30-15(13)14(28-10(3)22)12-7-26-17(31)29-12/h11-15H,6-7H2,1-5H3,(H,19,20)/t11-,12+,13+,14+,15+,18-/m0/s1. The lowest BCUT2D eigenvalue weighted by atomic mass is 9.88. The molecule has 2 aliphatic heterocycles. The van der Waals surface area contributed by atoms with Crippen LogP contribution in [-0.2, 0) is 52.3 Å². The second-order valence-corrected chi connectivity index (χ2v) is 7.23. The zero-order valence-electron chi connectivity index (χ0n) is 17.7. The summed E-state index contributed by atoms with van der Waals surface area (Å²) in [6.07, 6.45) is -4.84. The van der Waals surface area contributed by atoms with E-state index in [1.165, 1.54) is 14.0 Å². The van der Waals surface area contributed by atoms with Crippen molar-refractivity contribution in [1.82, 2.24) is 5.32 Å². The van der Waals surface area contributed by atoms with Crippen molar-refractivity contribution in [2.75, 3.05) is 20.8 Å². The SMILES string of the molecule is COC(=O)[C@]1(OC)C[C@H](OC(C)=O)[C@@H](NC(C)=O)[C@H]([C@H](OC(C)=O)[C@H]2COC(=S)O2)O1. The average Bonchev–Trinajstić information content (AvgIpc) is 3.12. The quantitative estimate of drug-likeness (QED) is 0.291. The van der Waals surface area contributed by atoms with Crippen molar-refractivity contribution >= 4 is 41.3 Å². The summed E-state index contributed by atoms with van der Waals surface area (Å²) in [5, 5.41) is 2.46. The first-order valence-corrected chi connectivity index (χ1v) is 9.70. The van der Waals surface area contributed by atoms with Crippen molar-refractivity contribution in [3.05, 3.63) is 0 Å². The molecule has 2 saturated heterocycles. The van der Waals surface area contributed by atoms with Crippen molar-refractivity contribution in [3.63, 3.8) is 0 Å². The minimum Gasteiger partial charge on any atom is -0.465 e. The lowest BCUT2D eigenvalue weighted by molar-refractivity contribution is -0.305. The monoisotopic (exact) mass is 463 g/mol. The summed E-state index contributed by atoms with van der Waals surface area (Å²) in [7, 11) is 2.32. The fourth-order valence-electron chi connectivity index (χ4n) is 3.51. The first kappa shape index (κ1) is 24.8. The average molecular weight is 463 g/mol. The molecule has 0 aromatic heterocycles. The minimum absolute atomic E-state index is 0.0835. The molecule has 0 bridgehead atoms. The third-order valence-corrected chi connectivity index (χ3v) is 4.88. The first-order valence-electron chi connectivity index (χ1n) is 9.29. The molecule has 13 heteroatoms. The van der Waals surface area contributed by atoms with Crippen molar-refractivity contribution in [3.8, 4) is 0 Å². The van der Waals surface area contributed by atoms with Gasteiger partial charge in [-0.3, -0.25) is 14.4 Å². The van der Waals surface area contributed by atoms with Crippen LogP contribution < -0.4 is 5.32 Å². The molecule has 174 valence electrons. The van der Waals surface area contributed by atoms with Crippen molar-refractivity contribution in [2.45, 2.75) is 63.4 Å². The fourth-order valence-corrected chi connectivity index (χ4v) is 3.70. The summed E-state index contributed by atoms with van der Waals surface area (Å²) in [6.45, 7) is 3.48. The van der Waals surface area contributed by atoms with Gasteiger partial charge in [0, 0.05) is 40.1 Å². The van der Waals surface area contributed by atoms with E-state index in [0.717, 1.165) is 21.0 Å². The Morgan fingerprint density at radius 1 is 1.16 bits per heavy atom. The Morgan fingerprint density at radius 3 is 2.29 bits per heavy atom. The van der Waals surface area contributed by atoms with Gasteiger partial charge < -0.3 is 38.5 Å². The number of thiocarbonyl (C=S) groups is 1. The molecule has 0 unspecified atom stereocenters. The van der Waals surface area contributed by atoms with E-state index in [0.29, 0.717) is 0 Å². The van der Waals surface area contributed by atoms with E-state index in [2.05, 4.69) is 5.32 Å². The van der Waals surface area contributed by atoms with Crippen LogP contribution in [0.15, 0.2) is 0 Å². The predicted octanol–water partition coefficient (Wildman–Crippen LogP) is -0.641. The van der Waals surface area contributed by atoms with Gasteiger partial charge in [-0.05, 0) is 0 Å². The van der Waals surface area contributed by atoms with Crippen LogP contribution in [0.5, 0.6) is 0 Å². The summed E-state index contributed by atoms with van der Waals surface area (Å²) in [5.74, 6) is -4.81. The summed E-state index contributed by atoms with van der Waals surface area (Å²) in [4.78, 5) is 48.1. The van der Waals surface area contributed by atoms with Crippen LogP contribution >= 0.6 is 12.2 Å². The lowest BCUT2D eigenvalue weighted by Gasteiger charge is -2.47. The summed E-state index contributed by atoms with van der Waals surface area (Å²) in [6, 6.07) is -1.04. The maximum Gasteiger partial charge on any atom is 0.366 e. The highest BCUT2D eigenvalue weighted by Gasteiger charge is 2.59. The van der Waals surface area contributed by atoms with Gasteiger partial charge in [0.2, 0.25) is 5.91 Å². The van der Waals surface area contributed by atoms with Crippen LogP contribution in [0.4, 0.5) is 0 Å². The minimum atomic E-state index is -2.02. The van der Waals surface area contributed by atoms with Gasteiger partial charge in [0.05, 0.1) is 19.6 Å². The molecule has 0 aromatic carbocycles. The van der Waals surface area contributed by atoms with Crippen molar-refractivity contribution < 1.29 is 52.3 Å². The number of carbonyl (C=O) groups is 4. The van der Waals surface area contributed by atoms with E-state index in [9.17, 15) is 19.2 Å². The second kappa shape index (κ2) is 10.2. The molecule has 2 aliphatic rings. The Labute approximate surface area is 183 Å². The maximum atomic E-state index is 12.6. The fraction of sp³-hybridized carbons (Fsp3) is 0.722. The molecular formula is C18H25NO11S. The zero-order chi connectivity index (χ0) is 23.3. The van der Waals surface area contributed by atoms with Crippen LogP contribution in [0, 0.1) is 0 Å². The van der Waals surface area contributed by atoms with Crippen molar-refractivity contribution in [1.29, 1.82) is 0 Å². The highest BCUT2D eigenvalue weighted by atomic mass is 32.1.